The number of carbonyl (C=O) groups is 1. The van der Waals surface area contributed by atoms with Gasteiger partial charge >= 0.3 is 0 Å². The molecule has 1 heterocycles. The Morgan fingerprint density at radius 1 is 1.47 bits per heavy atom. The molecule has 0 spiro atoms. The van der Waals surface area contributed by atoms with Crippen LogP contribution in [0.2, 0.25) is 0 Å². The second-order valence-corrected chi connectivity index (χ2v) is 3.75. The van der Waals surface area contributed by atoms with Crippen LogP contribution in [-0.2, 0) is 9.53 Å². The normalized spacial score (nSPS) is 17.7. The zero-order chi connectivity index (χ0) is 10.9. The van der Waals surface area contributed by atoms with Crippen LogP contribution in [0.3, 0.4) is 0 Å². The van der Waals surface area contributed by atoms with Crippen LogP contribution >= 0.6 is 0 Å². The fraction of sp³-hybridized carbons (Fsp3) is 0.900. The Bertz CT molecular complexity index is 182. The predicted molar refractivity (Wildman–Crippen MR) is 58.8 cm³/mol. The van der Waals surface area contributed by atoms with Crippen molar-refractivity contribution in [3.8, 4) is 0 Å². The van der Waals surface area contributed by atoms with Crippen molar-refractivity contribution in [2.75, 3.05) is 39.9 Å². The summed E-state index contributed by atoms with van der Waals surface area (Å²) in [4.78, 5) is 11.3. The maximum absolute atomic E-state index is 11.3. The summed E-state index contributed by atoms with van der Waals surface area (Å²) in [7, 11) is 1.62. The molecule has 0 atom stereocenters. The van der Waals surface area contributed by atoms with Gasteiger partial charge < -0.3 is 20.7 Å². The fourth-order valence-electron chi connectivity index (χ4n) is 1.62. The zero-order valence-electron chi connectivity index (χ0n) is 9.34. The molecule has 3 N–H and O–H groups in total. The number of methoxy groups -OCH3 is 1. The van der Waals surface area contributed by atoms with Gasteiger partial charge in [0.25, 0.3) is 0 Å². The van der Waals surface area contributed by atoms with Gasteiger partial charge in [0.1, 0.15) is 0 Å². The van der Waals surface area contributed by atoms with Crippen LogP contribution in [0.5, 0.6) is 0 Å². The van der Waals surface area contributed by atoms with Crippen LogP contribution in [0.25, 0.3) is 0 Å². The first-order valence-electron chi connectivity index (χ1n) is 5.52. The van der Waals surface area contributed by atoms with E-state index in [0.717, 1.165) is 25.9 Å². The van der Waals surface area contributed by atoms with Gasteiger partial charge in [0.05, 0.1) is 13.2 Å². The van der Waals surface area contributed by atoms with Crippen molar-refractivity contribution in [3.63, 3.8) is 0 Å². The molecule has 0 radical (unpaired) electrons. The molecule has 0 saturated carbocycles. The van der Waals surface area contributed by atoms with Crippen molar-refractivity contribution < 1.29 is 9.53 Å². The van der Waals surface area contributed by atoms with Crippen LogP contribution in [0.4, 0.5) is 0 Å². The average molecular weight is 215 g/mol. The summed E-state index contributed by atoms with van der Waals surface area (Å²) in [6.07, 6.45) is 2.21. The Morgan fingerprint density at radius 3 is 2.87 bits per heavy atom. The zero-order valence-corrected chi connectivity index (χ0v) is 9.34. The number of rotatable bonds is 6. The first-order valence-corrected chi connectivity index (χ1v) is 5.52. The number of carbonyl (C=O) groups excluding carboxylic acids is 1. The van der Waals surface area contributed by atoms with Crippen molar-refractivity contribution in [3.05, 3.63) is 0 Å². The summed E-state index contributed by atoms with van der Waals surface area (Å²) in [6, 6.07) is 0.486. The van der Waals surface area contributed by atoms with Gasteiger partial charge in [-0.1, -0.05) is 0 Å². The fourth-order valence-corrected chi connectivity index (χ4v) is 1.62. The van der Waals surface area contributed by atoms with Crippen LogP contribution in [0.1, 0.15) is 12.8 Å². The Kier molecular flexibility index (Phi) is 6.31. The molecule has 0 aromatic carbocycles. The molecule has 1 aliphatic heterocycles. The van der Waals surface area contributed by atoms with Gasteiger partial charge in [-0.3, -0.25) is 4.79 Å². The minimum absolute atomic E-state index is 0.0468. The monoisotopic (exact) mass is 215 g/mol. The predicted octanol–water partition coefficient (Wildman–Crippen LogP) is -0.909. The van der Waals surface area contributed by atoms with Crippen molar-refractivity contribution in [1.29, 1.82) is 0 Å². The molecule has 1 rings (SSSR count). The van der Waals surface area contributed by atoms with E-state index in [-0.39, 0.29) is 5.91 Å². The van der Waals surface area contributed by atoms with E-state index in [4.69, 9.17) is 4.74 Å². The van der Waals surface area contributed by atoms with Crippen LogP contribution in [0, 0.1) is 0 Å². The third kappa shape index (κ3) is 5.71. The van der Waals surface area contributed by atoms with E-state index in [1.807, 2.05) is 0 Å². The van der Waals surface area contributed by atoms with Gasteiger partial charge in [0, 0.05) is 19.7 Å². The minimum atomic E-state index is 0.0468. The largest absolute Gasteiger partial charge is 0.383 e. The topological polar surface area (TPSA) is 62.4 Å². The van der Waals surface area contributed by atoms with Gasteiger partial charge in [0.2, 0.25) is 5.91 Å². The van der Waals surface area contributed by atoms with Crippen LogP contribution in [-0.4, -0.2) is 51.8 Å². The van der Waals surface area contributed by atoms with Crippen molar-refractivity contribution in [2.45, 2.75) is 18.9 Å². The summed E-state index contributed by atoms with van der Waals surface area (Å²) in [6.45, 7) is 3.66. The van der Waals surface area contributed by atoms with Gasteiger partial charge in [-0.15, -0.1) is 0 Å². The number of hydrogen-bond donors (Lipinski definition) is 3. The van der Waals surface area contributed by atoms with E-state index in [0.29, 0.717) is 25.7 Å². The quantitative estimate of drug-likeness (QED) is 0.502. The molecule has 5 nitrogen and oxygen atoms in total. The van der Waals surface area contributed by atoms with Crippen molar-refractivity contribution >= 4 is 5.91 Å². The molecule has 88 valence electrons. The lowest BCUT2D eigenvalue weighted by molar-refractivity contribution is -0.120. The molecule has 1 aliphatic rings. The Balaban J connectivity index is 2.00. The molecule has 1 saturated heterocycles. The van der Waals surface area contributed by atoms with Crippen LogP contribution in [0.15, 0.2) is 0 Å². The van der Waals surface area contributed by atoms with Gasteiger partial charge in [-0.2, -0.15) is 0 Å². The molecule has 0 aliphatic carbocycles. The molecule has 5 heteroatoms. The second kappa shape index (κ2) is 7.62. The third-order valence-corrected chi connectivity index (χ3v) is 2.52. The highest BCUT2D eigenvalue weighted by Crippen LogP contribution is 2.00. The highest BCUT2D eigenvalue weighted by atomic mass is 16.5. The SMILES string of the molecule is COCCNC(=O)CNC1CCNCC1. The van der Waals surface area contributed by atoms with E-state index in [1.165, 1.54) is 0 Å². The van der Waals surface area contributed by atoms with E-state index in [1.54, 1.807) is 7.11 Å². The molecule has 15 heavy (non-hydrogen) atoms. The standard InChI is InChI=1S/C10H21N3O2/c1-15-7-6-12-10(14)8-13-9-2-4-11-5-3-9/h9,11,13H,2-8H2,1H3,(H,12,14). The molecular formula is C10H21N3O2. The smallest absolute Gasteiger partial charge is 0.234 e. The Morgan fingerprint density at radius 2 is 2.20 bits per heavy atom. The highest BCUT2D eigenvalue weighted by Gasteiger charge is 2.12. The number of ether oxygens (including phenoxy) is 1. The molecule has 0 aromatic rings. The minimum Gasteiger partial charge on any atom is -0.383 e. The number of amides is 1. The first-order chi connectivity index (χ1) is 7.33. The maximum atomic E-state index is 11.3. The number of hydrogen-bond acceptors (Lipinski definition) is 4. The molecule has 1 fully saturated rings. The van der Waals surface area contributed by atoms with Gasteiger partial charge in [0.15, 0.2) is 0 Å². The maximum Gasteiger partial charge on any atom is 0.234 e. The number of piperidine rings is 1. The summed E-state index contributed by atoms with van der Waals surface area (Å²) < 4.78 is 4.84. The Hall–Kier alpha value is -0.650. The lowest BCUT2D eigenvalue weighted by Gasteiger charge is -2.23. The average Bonchev–Trinajstić information content (AvgIpc) is 2.28. The summed E-state index contributed by atoms with van der Waals surface area (Å²) >= 11 is 0. The van der Waals surface area contributed by atoms with E-state index in [9.17, 15) is 4.79 Å². The summed E-state index contributed by atoms with van der Waals surface area (Å²) in [5.74, 6) is 0.0468. The highest BCUT2D eigenvalue weighted by molar-refractivity contribution is 5.77. The second-order valence-electron chi connectivity index (χ2n) is 3.75. The van der Waals surface area contributed by atoms with Gasteiger partial charge in [-0.25, -0.2) is 0 Å². The summed E-state index contributed by atoms with van der Waals surface area (Å²) in [5.41, 5.74) is 0. The van der Waals surface area contributed by atoms with Crippen molar-refractivity contribution in [1.82, 2.24) is 16.0 Å². The first kappa shape index (κ1) is 12.4. The number of nitrogens with one attached hydrogen (secondary N) is 3. The lowest BCUT2D eigenvalue weighted by atomic mass is 10.1. The molecule has 0 aromatic heterocycles. The van der Waals surface area contributed by atoms with E-state index >= 15 is 0 Å². The van der Waals surface area contributed by atoms with Crippen LogP contribution < -0.4 is 16.0 Å². The lowest BCUT2D eigenvalue weighted by Crippen LogP contribution is -2.44. The van der Waals surface area contributed by atoms with E-state index in [2.05, 4.69) is 16.0 Å². The molecule has 1 amide bonds. The molecule has 0 unspecified atom stereocenters. The van der Waals surface area contributed by atoms with Crippen molar-refractivity contribution in [2.24, 2.45) is 0 Å². The molecule has 0 bridgehead atoms. The molecular weight excluding hydrogens is 194 g/mol. The van der Waals surface area contributed by atoms with Gasteiger partial charge in [-0.05, 0) is 25.9 Å². The summed E-state index contributed by atoms with van der Waals surface area (Å²) in [5, 5.41) is 9.32. The third-order valence-electron chi connectivity index (χ3n) is 2.52. The van der Waals surface area contributed by atoms with E-state index < -0.39 is 0 Å². The Labute approximate surface area is 90.9 Å².